The molecule has 4 rings (SSSR count). The minimum atomic E-state index is -0.0665. The predicted octanol–water partition coefficient (Wildman–Crippen LogP) is 2.23. The van der Waals surface area contributed by atoms with Crippen molar-refractivity contribution < 1.29 is 9.59 Å². The summed E-state index contributed by atoms with van der Waals surface area (Å²) in [5.74, 6) is 0.810. The van der Waals surface area contributed by atoms with Crippen molar-refractivity contribution >= 4 is 17.6 Å². The number of hydrogen-bond acceptors (Lipinski definition) is 5. The lowest BCUT2D eigenvalue weighted by Gasteiger charge is -2.34. The molecule has 0 spiro atoms. The Hall–Kier alpha value is -2.70. The van der Waals surface area contributed by atoms with Crippen LogP contribution in [0.15, 0.2) is 18.5 Å². The van der Waals surface area contributed by atoms with Crippen LogP contribution in [0.25, 0.3) is 0 Å². The van der Waals surface area contributed by atoms with Gasteiger partial charge in [0.15, 0.2) is 5.78 Å². The molecule has 1 amide bonds. The highest BCUT2D eigenvalue weighted by molar-refractivity contribution is 6.04. The molecule has 2 aromatic rings. The normalized spacial score (nSPS) is 19.1. The molecule has 1 fully saturated rings. The molecule has 142 valence electrons. The monoisotopic (exact) mass is 367 g/mol. The fourth-order valence-corrected chi connectivity index (χ4v) is 4.17. The summed E-state index contributed by atoms with van der Waals surface area (Å²) in [6.45, 7) is 8.68. The van der Waals surface area contributed by atoms with Crippen molar-refractivity contribution in [1.82, 2.24) is 19.9 Å². The van der Waals surface area contributed by atoms with Crippen molar-refractivity contribution in [2.45, 2.75) is 33.6 Å². The van der Waals surface area contributed by atoms with Crippen LogP contribution >= 0.6 is 0 Å². The van der Waals surface area contributed by atoms with Crippen molar-refractivity contribution in [3.63, 3.8) is 0 Å². The number of amides is 1. The van der Waals surface area contributed by atoms with Crippen LogP contribution in [-0.4, -0.2) is 57.7 Å². The van der Waals surface area contributed by atoms with Gasteiger partial charge in [-0.05, 0) is 30.4 Å². The number of carbonyl (C=O) groups excluding carboxylic acids is 2. The number of Topliss-reactive ketones (excluding diaryl/α,β-unsaturated/α-hetero) is 1. The minimum Gasteiger partial charge on any atom is -0.354 e. The molecule has 0 saturated carbocycles. The summed E-state index contributed by atoms with van der Waals surface area (Å²) in [5, 5.41) is 0. The van der Waals surface area contributed by atoms with Crippen molar-refractivity contribution in [3.8, 4) is 0 Å². The van der Waals surface area contributed by atoms with Gasteiger partial charge in [-0.25, -0.2) is 9.97 Å². The predicted molar refractivity (Wildman–Crippen MR) is 102 cm³/mol. The van der Waals surface area contributed by atoms with Crippen molar-refractivity contribution in [3.05, 3.63) is 41.0 Å². The van der Waals surface area contributed by atoms with Crippen LogP contribution in [-0.2, 0) is 6.42 Å². The lowest BCUT2D eigenvalue weighted by molar-refractivity contribution is 0.0739. The standard InChI is InChI=1S/C20H25N5O2/c1-13-16-14(11-20(2,3)12-15(16)26)23-17(13)18(27)24-7-9-25(10-8-24)19-21-5-4-6-22-19/h4-6,23H,7-12H2,1-3H3. The van der Waals surface area contributed by atoms with Crippen LogP contribution in [0.2, 0.25) is 0 Å². The maximum absolute atomic E-state index is 13.1. The van der Waals surface area contributed by atoms with E-state index in [0.717, 1.165) is 23.2 Å². The first-order valence-electron chi connectivity index (χ1n) is 9.41. The van der Waals surface area contributed by atoms with E-state index in [-0.39, 0.29) is 17.1 Å². The molecular weight excluding hydrogens is 342 g/mol. The van der Waals surface area contributed by atoms with E-state index in [0.29, 0.717) is 44.2 Å². The number of rotatable bonds is 2. The van der Waals surface area contributed by atoms with Gasteiger partial charge >= 0.3 is 0 Å². The third-order valence-electron chi connectivity index (χ3n) is 5.52. The average Bonchev–Trinajstić information content (AvgIpc) is 2.97. The Bertz CT molecular complexity index is 879. The second kappa shape index (κ2) is 6.48. The maximum Gasteiger partial charge on any atom is 0.270 e. The SMILES string of the molecule is Cc1c(C(=O)N2CCN(c3ncccn3)CC2)[nH]c2c1C(=O)CC(C)(C)C2. The van der Waals surface area contributed by atoms with Gasteiger partial charge in [0.1, 0.15) is 5.69 Å². The van der Waals surface area contributed by atoms with E-state index < -0.39 is 0 Å². The van der Waals surface area contributed by atoms with Gasteiger partial charge in [0.25, 0.3) is 5.91 Å². The highest BCUT2D eigenvalue weighted by atomic mass is 16.2. The van der Waals surface area contributed by atoms with Gasteiger partial charge < -0.3 is 14.8 Å². The van der Waals surface area contributed by atoms with Gasteiger partial charge in [-0.2, -0.15) is 0 Å². The molecule has 27 heavy (non-hydrogen) atoms. The summed E-state index contributed by atoms with van der Waals surface area (Å²) in [7, 11) is 0. The molecule has 1 aliphatic heterocycles. The molecule has 3 heterocycles. The molecule has 0 unspecified atom stereocenters. The zero-order valence-corrected chi connectivity index (χ0v) is 16.1. The summed E-state index contributed by atoms with van der Waals surface area (Å²) in [5.41, 5.74) is 2.94. The number of hydrogen-bond donors (Lipinski definition) is 1. The fraction of sp³-hybridized carbons (Fsp3) is 0.500. The Labute approximate surface area is 158 Å². The van der Waals surface area contributed by atoms with E-state index in [4.69, 9.17) is 0 Å². The second-order valence-electron chi connectivity index (χ2n) is 8.25. The molecule has 0 atom stereocenters. The number of H-pyrrole nitrogens is 1. The fourth-order valence-electron chi connectivity index (χ4n) is 4.17. The molecule has 7 heteroatoms. The van der Waals surface area contributed by atoms with Gasteiger partial charge in [-0.15, -0.1) is 0 Å². The van der Waals surface area contributed by atoms with Gasteiger partial charge in [-0.3, -0.25) is 9.59 Å². The Morgan fingerprint density at radius 1 is 1.11 bits per heavy atom. The highest BCUT2D eigenvalue weighted by Gasteiger charge is 2.36. The molecule has 1 aliphatic carbocycles. The van der Waals surface area contributed by atoms with Crippen LogP contribution in [0.5, 0.6) is 0 Å². The highest BCUT2D eigenvalue weighted by Crippen LogP contribution is 2.37. The lowest BCUT2D eigenvalue weighted by Crippen LogP contribution is -2.49. The minimum absolute atomic E-state index is 0.0267. The van der Waals surface area contributed by atoms with E-state index in [2.05, 4.69) is 33.7 Å². The Morgan fingerprint density at radius 2 is 1.78 bits per heavy atom. The molecule has 0 radical (unpaired) electrons. The summed E-state index contributed by atoms with van der Waals surface area (Å²) in [6.07, 6.45) is 4.78. The molecule has 0 aromatic carbocycles. The number of aromatic amines is 1. The summed E-state index contributed by atoms with van der Waals surface area (Å²) < 4.78 is 0. The summed E-state index contributed by atoms with van der Waals surface area (Å²) in [6, 6.07) is 1.79. The van der Waals surface area contributed by atoms with Crippen molar-refractivity contribution in [2.75, 3.05) is 31.1 Å². The van der Waals surface area contributed by atoms with Crippen LogP contribution in [0.1, 0.15) is 52.4 Å². The first-order valence-corrected chi connectivity index (χ1v) is 9.41. The number of aromatic nitrogens is 3. The quantitative estimate of drug-likeness (QED) is 0.880. The van der Waals surface area contributed by atoms with E-state index in [1.807, 2.05) is 11.8 Å². The zero-order valence-electron chi connectivity index (χ0n) is 16.1. The molecule has 1 saturated heterocycles. The number of anilines is 1. The maximum atomic E-state index is 13.1. The molecule has 1 N–H and O–H groups in total. The first-order chi connectivity index (χ1) is 12.9. The molecule has 2 aliphatic rings. The Balaban J connectivity index is 1.51. The number of ketones is 1. The van der Waals surface area contributed by atoms with Gasteiger partial charge in [0.05, 0.1) is 0 Å². The van der Waals surface area contributed by atoms with E-state index in [1.54, 1.807) is 18.5 Å². The molecular formula is C20H25N5O2. The molecule has 7 nitrogen and oxygen atoms in total. The largest absolute Gasteiger partial charge is 0.354 e. The van der Waals surface area contributed by atoms with Gasteiger partial charge in [0, 0.05) is 56.3 Å². The summed E-state index contributed by atoms with van der Waals surface area (Å²) in [4.78, 5) is 41.4. The van der Waals surface area contributed by atoms with E-state index >= 15 is 0 Å². The van der Waals surface area contributed by atoms with Crippen molar-refractivity contribution in [2.24, 2.45) is 5.41 Å². The van der Waals surface area contributed by atoms with Gasteiger partial charge in [0.2, 0.25) is 5.95 Å². The topological polar surface area (TPSA) is 82.2 Å². The number of nitrogens with zero attached hydrogens (tertiary/aromatic N) is 4. The van der Waals surface area contributed by atoms with Crippen LogP contribution in [0.3, 0.4) is 0 Å². The Morgan fingerprint density at radius 3 is 2.44 bits per heavy atom. The smallest absolute Gasteiger partial charge is 0.270 e. The lowest BCUT2D eigenvalue weighted by atomic mass is 9.75. The Kier molecular flexibility index (Phi) is 4.25. The third-order valence-corrected chi connectivity index (χ3v) is 5.52. The third kappa shape index (κ3) is 3.22. The number of piperazine rings is 1. The van der Waals surface area contributed by atoms with Crippen molar-refractivity contribution in [1.29, 1.82) is 0 Å². The van der Waals surface area contributed by atoms with E-state index in [9.17, 15) is 9.59 Å². The number of nitrogens with one attached hydrogen (secondary N) is 1. The van der Waals surface area contributed by atoms with Crippen LogP contribution < -0.4 is 4.90 Å². The number of carbonyl (C=O) groups is 2. The van der Waals surface area contributed by atoms with Gasteiger partial charge in [-0.1, -0.05) is 13.8 Å². The van der Waals surface area contributed by atoms with Crippen LogP contribution in [0, 0.1) is 12.3 Å². The first kappa shape index (κ1) is 17.7. The molecule has 2 aromatic heterocycles. The van der Waals surface area contributed by atoms with E-state index in [1.165, 1.54) is 0 Å². The summed E-state index contributed by atoms with van der Waals surface area (Å²) >= 11 is 0. The zero-order chi connectivity index (χ0) is 19.2. The van der Waals surface area contributed by atoms with Crippen LogP contribution in [0.4, 0.5) is 5.95 Å². The number of fused-ring (bicyclic) bond motifs is 1. The average molecular weight is 367 g/mol. The second-order valence-corrected chi connectivity index (χ2v) is 8.25. The molecule has 0 bridgehead atoms.